The third kappa shape index (κ3) is 2.72. The first-order valence-electron chi connectivity index (χ1n) is 6.23. The fourth-order valence-electron chi connectivity index (χ4n) is 2.16. The second-order valence-corrected chi connectivity index (χ2v) is 6.35. The fourth-order valence-corrected chi connectivity index (χ4v) is 3.72. The number of aromatic nitrogens is 2. The average molecular weight is 289 g/mol. The topological polar surface area (TPSA) is 54.7 Å². The molecule has 0 aliphatic heterocycles. The van der Waals surface area contributed by atoms with Crippen LogP contribution in [0.4, 0.5) is 5.82 Å². The van der Waals surface area contributed by atoms with Gasteiger partial charge in [-0.3, -0.25) is 5.10 Å². The van der Waals surface area contributed by atoms with Crippen molar-refractivity contribution in [1.82, 2.24) is 10.2 Å². The van der Waals surface area contributed by atoms with Gasteiger partial charge in [0.25, 0.3) is 0 Å². The van der Waals surface area contributed by atoms with Crippen LogP contribution in [0.3, 0.4) is 0 Å². The van der Waals surface area contributed by atoms with Gasteiger partial charge < -0.3 is 5.73 Å². The van der Waals surface area contributed by atoms with Gasteiger partial charge in [-0.25, -0.2) is 0 Å². The van der Waals surface area contributed by atoms with Crippen molar-refractivity contribution >= 4 is 28.5 Å². The molecule has 98 valence electrons. The molecule has 0 fully saturated rings. The first-order valence-corrected chi connectivity index (χ1v) is 7.99. The van der Waals surface area contributed by atoms with Crippen molar-refractivity contribution in [3.63, 3.8) is 0 Å². The Hall–Kier alpha value is -1.59. The van der Waals surface area contributed by atoms with Crippen molar-refractivity contribution in [2.24, 2.45) is 0 Å². The van der Waals surface area contributed by atoms with Crippen LogP contribution in [0, 0.1) is 0 Å². The summed E-state index contributed by atoms with van der Waals surface area (Å²) in [6, 6.07) is 8.42. The van der Waals surface area contributed by atoms with E-state index in [1.165, 1.54) is 9.75 Å². The van der Waals surface area contributed by atoms with Gasteiger partial charge >= 0.3 is 0 Å². The van der Waals surface area contributed by atoms with Crippen LogP contribution in [-0.2, 0) is 12.8 Å². The second-order valence-electron chi connectivity index (χ2n) is 4.37. The van der Waals surface area contributed by atoms with E-state index in [9.17, 15) is 0 Å². The molecular formula is C14H15N3S2. The first-order chi connectivity index (χ1) is 9.34. The van der Waals surface area contributed by atoms with Crippen LogP contribution >= 0.6 is 22.7 Å². The van der Waals surface area contributed by atoms with Crippen LogP contribution in [0.25, 0.3) is 10.4 Å². The van der Waals surface area contributed by atoms with Crippen LogP contribution in [0.15, 0.2) is 35.0 Å². The van der Waals surface area contributed by atoms with Crippen molar-refractivity contribution in [2.75, 3.05) is 5.73 Å². The van der Waals surface area contributed by atoms with Gasteiger partial charge in [0.1, 0.15) is 0 Å². The molecule has 0 atom stereocenters. The second kappa shape index (κ2) is 5.59. The van der Waals surface area contributed by atoms with Gasteiger partial charge in [0.2, 0.25) is 0 Å². The molecule has 0 aromatic carbocycles. The Kier molecular flexibility index (Phi) is 3.66. The van der Waals surface area contributed by atoms with Gasteiger partial charge in [0.15, 0.2) is 5.82 Å². The number of aromatic amines is 1. The molecule has 0 saturated heterocycles. The average Bonchev–Trinajstić information content (AvgIpc) is 3.11. The summed E-state index contributed by atoms with van der Waals surface area (Å²) >= 11 is 3.52. The molecule has 0 spiro atoms. The fraction of sp³-hybridized carbons (Fsp3) is 0.214. The molecule has 3 aromatic heterocycles. The number of nitrogens with one attached hydrogen (secondary N) is 1. The summed E-state index contributed by atoms with van der Waals surface area (Å²) in [5, 5.41) is 11.4. The van der Waals surface area contributed by atoms with Crippen LogP contribution in [-0.4, -0.2) is 10.2 Å². The number of nitrogen functional groups attached to an aromatic ring is 1. The van der Waals surface area contributed by atoms with E-state index >= 15 is 0 Å². The Morgan fingerprint density at radius 2 is 1.95 bits per heavy atom. The van der Waals surface area contributed by atoms with Gasteiger partial charge in [0.05, 0.1) is 5.56 Å². The number of nitrogens with two attached hydrogens (primary N) is 1. The first kappa shape index (κ1) is 12.4. The lowest BCUT2D eigenvalue weighted by Gasteiger charge is -2.01. The third-order valence-electron chi connectivity index (χ3n) is 3.07. The predicted octanol–water partition coefficient (Wildman–Crippen LogP) is 3.96. The van der Waals surface area contributed by atoms with Crippen LogP contribution in [0.1, 0.15) is 17.0 Å². The number of hydrogen-bond donors (Lipinski definition) is 2. The Morgan fingerprint density at radius 1 is 1.11 bits per heavy atom. The summed E-state index contributed by atoms with van der Waals surface area (Å²) < 4.78 is 0. The van der Waals surface area contributed by atoms with E-state index < -0.39 is 0 Å². The monoisotopic (exact) mass is 289 g/mol. The Labute approximate surface area is 120 Å². The molecule has 0 saturated carbocycles. The van der Waals surface area contributed by atoms with Crippen LogP contribution < -0.4 is 5.73 Å². The van der Waals surface area contributed by atoms with E-state index in [0.717, 1.165) is 30.5 Å². The normalized spacial score (nSPS) is 10.9. The van der Waals surface area contributed by atoms with Gasteiger partial charge in [-0.05, 0) is 42.2 Å². The van der Waals surface area contributed by atoms with Crippen molar-refractivity contribution in [2.45, 2.75) is 19.3 Å². The number of hydrogen-bond acceptors (Lipinski definition) is 4. The predicted molar refractivity (Wildman–Crippen MR) is 82.7 cm³/mol. The molecule has 0 amide bonds. The molecular weight excluding hydrogens is 274 g/mol. The maximum atomic E-state index is 5.97. The molecule has 3 N–H and O–H groups in total. The highest BCUT2D eigenvalue weighted by Gasteiger charge is 2.13. The van der Waals surface area contributed by atoms with E-state index in [1.807, 2.05) is 17.4 Å². The van der Waals surface area contributed by atoms with Gasteiger partial charge in [0, 0.05) is 15.4 Å². The molecule has 0 radical (unpaired) electrons. The lowest BCUT2D eigenvalue weighted by atomic mass is 10.1. The van der Waals surface area contributed by atoms with E-state index in [-0.39, 0.29) is 0 Å². The van der Waals surface area contributed by atoms with Crippen LogP contribution in [0.5, 0.6) is 0 Å². The zero-order valence-electron chi connectivity index (χ0n) is 10.4. The highest BCUT2D eigenvalue weighted by Crippen LogP contribution is 2.32. The largest absolute Gasteiger partial charge is 0.382 e. The van der Waals surface area contributed by atoms with Crippen molar-refractivity contribution < 1.29 is 0 Å². The van der Waals surface area contributed by atoms with Crippen LogP contribution in [0.2, 0.25) is 0 Å². The zero-order valence-corrected chi connectivity index (χ0v) is 12.1. The molecule has 3 aromatic rings. The molecule has 0 aliphatic rings. The minimum Gasteiger partial charge on any atom is -0.382 e. The van der Waals surface area contributed by atoms with E-state index in [0.29, 0.717) is 5.82 Å². The zero-order chi connectivity index (χ0) is 13.1. The number of nitrogens with zero attached hydrogens (tertiary/aromatic N) is 1. The molecule has 0 unspecified atom stereocenters. The summed E-state index contributed by atoms with van der Waals surface area (Å²) in [6.45, 7) is 0. The van der Waals surface area contributed by atoms with E-state index in [1.54, 1.807) is 11.3 Å². The highest BCUT2D eigenvalue weighted by molar-refractivity contribution is 7.13. The number of aryl methyl sites for hydroxylation is 2. The van der Waals surface area contributed by atoms with E-state index in [4.69, 9.17) is 5.73 Å². The lowest BCUT2D eigenvalue weighted by molar-refractivity contribution is 0.802. The van der Waals surface area contributed by atoms with Crippen molar-refractivity contribution in [3.05, 3.63) is 45.6 Å². The Bertz CT molecular complexity index is 624. The number of H-pyrrole nitrogens is 1. The molecule has 3 rings (SSSR count). The molecule has 3 heterocycles. The minimum atomic E-state index is 0.605. The SMILES string of the molecule is Nc1n[nH]c(CCCc2cccs2)c1-c1cccs1. The maximum absolute atomic E-state index is 5.97. The van der Waals surface area contributed by atoms with Crippen molar-refractivity contribution in [1.29, 1.82) is 0 Å². The summed E-state index contributed by atoms with van der Waals surface area (Å²) in [5.74, 6) is 0.605. The summed E-state index contributed by atoms with van der Waals surface area (Å²) in [7, 11) is 0. The Morgan fingerprint density at radius 3 is 2.68 bits per heavy atom. The minimum absolute atomic E-state index is 0.605. The smallest absolute Gasteiger partial charge is 0.154 e. The van der Waals surface area contributed by atoms with E-state index in [2.05, 4.69) is 39.2 Å². The maximum Gasteiger partial charge on any atom is 0.154 e. The number of anilines is 1. The summed E-state index contributed by atoms with van der Waals surface area (Å²) in [6.07, 6.45) is 3.20. The highest BCUT2D eigenvalue weighted by atomic mass is 32.1. The number of thiophene rings is 2. The van der Waals surface area contributed by atoms with Gasteiger partial charge in [-0.1, -0.05) is 12.1 Å². The quantitative estimate of drug-likeness (QED) is 0.747. The summed E-state index contributed by atoms with van der Waals surface area (Å²) in [4.78, 5) is 2.63. The van der Waals surface area contributed by atoms with Gasteiger partial charge in [-0.2, -0.15) is 5.10 Å². The molecule has 3 nitrogen and oxygen atoms in total. The molecule has 19 heavy (non-hydrogen) atoms. The lowest BCUT2D eigenvalue weighted by Crippen LogP contribution is -1.92. The molecule has 0 aliphatic carbocycles. The number of rotatable bonds is 5. The molecule has 5 heteroatoms. The van der Waals surface area contributed by atoms with Gasteiger partial charge in [-0.15, -0.1) is 22.7 Å². The third-order valence-corrected chi connectivity index (χ3v) is 4.89. The summed E-state index contributed by atoms with van der Waals surface area (Å²) in [5.41, 5.74) is 8.20. The van der Waals surface area contributed by atoms with Crippen molar-refractivity contribution in [3.8, 4) is 10.4 Å². The molecule has 0 bridgehead atoms. The Balaban J connectivity index is 1.71. The standard InChI is InChI=1S/C14H15N3S2/c15-14-13(12-7-3-9-19-12)11(16-17-14)6-1-4-10-5-2-8-18-10/h2-3,5,7-9H,1,4,6H2,(H3,15,16,17).